The van der Waals surface area contributed by atoms with Crippen molar-refractivity contribution in [1.29, 1.82) is 0 Å². The van der Waals surface area contributed by atoms with Gasteiger partial charge in [0.2, 0.25) is 15.9 Å². The number of sulfonamides is 1. The van der Waals surface area contributed by atoms with Crippen LogP contribution in [0, 0.1) is 6.92 Å². The van der Waals surface area contributed by atoms with Gasteiger partial charge in [0.25, 0.3) is 0 Å². The Kier molecular flexibility index (Phi) is 8.91. The van der Waals surface area contributed by atoms with Crippen molar-refractivity contribution in [2.45, 2.75) is 49.7 Å². The summed E-state index contributed by atoms with van der Waals surface area (Å²) in [5.74, 6) is -0.115. The number of aryl methyl sites for hydroxylation is 1. The summed E-state index contributed by atoms with van der Waals surface area (Å²) >= 11 is 1.08. The molecule has 38 heavy (non-hydrogen) atoms. The fraction of sp³-hybridized carbons (Fsp3) is 0.440. The van der Waals surface area contributed by atoms with E-state index in [2.05, 4.69) is 15.7 Å². The average Bonchev–Trinajstić information content (AvgIpc) is 3.52. The van der Waals surface area contributed by atoms with Crippen LogP contribution in [0.3, 0.4) is 0 Å². The van der Waals surface area contributed by atoms with Crippen LogP contribution in [0.15, 0.2) is 47.4 Å². The quantitative estimate of drug-likeness (QED) is 0.430. The molecule has 1 unspecified atom stereocenters. The fourth-order valence-electron chi connectivity index (χ4n) is 4.36. The van der Waals surface area contributed by atoms with E-state index in [1.807, 2.05) is 35.4 Å². The number of carbonyl (C=O) groups is 1. The Balaban J connectivity index is 1.49. The van der Waals surface area contributed by atoms with E-state index < -0.39 is 21.9 Å². The Morgan fingerprint density at radius 3 is 2.50 bits per heavy atom. The number of thiophene rings is 1. The normalized spacial score (nSPS) is 19.3. The number of carbonyl (C=O) groups excluding carboxylic acids is 1. The maximum absolute atomic E-state index is 13.6. The topological polar surface area (TPSA) is 107 Å². The molecule has 3 aromatic rings. The van der Waals surface area contributed by atoms with Gasteiger partial charge in [-0.3, -0.25) is 9.89 Å². The van der Waals surface area contributed by atoms with E-state index in [-0.39, 0.29) is 35.5 Å². The maximum Gasteiger partial charge on any atom is 0.432 e. The molecule has 0 saturated carbocycles. The first-order valence-electron chi connectivity index (χ1n) is 12.3. The zero-order valence-corrected chi connectivity index (χ0v) is 22.5. The maximum atomic E-state index is 13.6. The number of rotatable bonds is 4. The van der Waals surface area contributed by atoms with Gasteiger partial charge in [0.05, 0.1) is 9.77 Å². The molecule has 206 valence electrons. The first kappa shape index (κ1) is 28.3. The molecule has 4 rings (SSSR count). The molecule has 3 heterocycles. The number of nitrogens with zero attached hydrogens (tertiary/aromatic N) is 2. The highest BCUT2D eigenvalue weighted by Gasteiger charge is 2.34. The summed E-state index contributed by atoms with van der Waals surface area (Å²) < 4.78 is 67.6. The summed E-state index contributed by atoms with van der Waals surface area (Å²) in [5, 5.41) is 12.0. The Morgan fingerprint density at radius 2 is 1.79 bits per heavy atom. The smallest absolute Gasteiger partial charge is 0.356 e. The third kappa shape index (κ3) is 6.82. The summed E-state index contributed by atoms with van der Waals surface area (Å²) in [6.45, 7) is 3.08. The number of hydrogen-bond acceptors (Lipinski definition) is 6. The summed E-state index contributed by atoms with van der Waals surface area (Å²) in [7, 11) is -3.92. The van der Waals surface area contributed by atoms with Gasteiger partial charge < -0.3 is 10.6 Å². The predicted octanol–water partition coefficient (Wildman–Crippen LogP) is 4.48. The predicted molar refractivity (Wildman–Crippen MR) is 139 cm³/mol. The van der Waals surface area contributed by atoms with Crippen LogP contribution in [0.1, 0.15) is 47.9 Å². The van der Waals surface area contributed by atoms with Crippen LogP contribution in [0.2, 0.25) is 0 Å². The van der Waals surface area contributed by atoms with Crippen LogP contribution in [0.5, 0.6) is 0 Å². The monoisotopic (exact) mass is 569 g/mol. The molecule has 1 atom stereocenters. The lowest BCUT2D eigenvalue weighted by atomic mass is 10.0. The molecule has 0 aliphatic carbocycles. The summed E-state index contributed by atoms with van der Waals surface area (Å²) in [4.78, 5) is 13.4. The molecule has 1 saturated heterocycles. The van der Waals surface area contributed by atoms with Crippen molar-refractivity contribution in [2.75, 3.05) is 26.2 Å². The molecule has 3 N–H and O–H groups in total. The number of aromatic amines is 1. The minimum absolute atomic E-state index is 0.0403. The zero-order valence-electron chi connectivity index (χ0n) is 20.8. The van der Waals surface area contributed by atoms with E-state index in [1.165, 1.54) is 10.4 Å². The van der Waals surface area contributed by atoms with Crippen molar-refractivity contribution >= 4 is 27.3 Å². The summed E-state index contributed by atoms with van der Waals surface area (Å²) in [6.07, 6.45) is -2.54. The van der Waals surface area contributed by atoms with E-state index in [9.17, 15) is 26.4 Å². The molecule has 1 aromatic carbocycles. The molecule has 13 heteroatoms. The molecular formula is C25H30F3N5O3S2. The Bertz CT molecular complexity index is 1340. The minimum Gasteiger partial charge on any atom is -0.356 e. The summed E-state index contributed by atoms with van der Waals surface area (Å²) in [5.41, 5.74) is 0.0652. The van der Waals surface area contributed by atoms with Gasteiger partial charge >= 0.3 is 6.18 Å². The molecule has 0 radical (unpaired) electrons. The van der Waals surface area contributed by atoms with Gasteiger partial charge in [0.15, 0.2) is 0 Å². The third-order valence-corrected chi connectivity index (χ3v) is 9.58. The van der Waals surface area contributed by atoms with E-state index in [0.717, 1.165) is 23.0 Å². The molecule has 8 nitrogen and oxygen atoms in total. The number of aromatic nitrogens is 2. The van der Waals surface area contributed by atoms with Gasteiger partial charge in [-0.15, -0.1) is 11.3 Å². The first-order valence-corrected chi connectivity index (χ1v) is 14.6. The van der Waals surface area contributed by atoms with Gasteiger partial charge in [0.1, 0.15) is 11.4 Å². The Hall–Kier alpha value is -2.74. The highest BCUT2D eigenvalue weighted by molar-refractivity contribution is 7.89. The van der Waals surface area contributed by atoms with Crippen molar-refractivity contribution in [2.24, 2.45) is 0 Å². The summed E-state index contributed by atoms with van der Waals surface area (Å²) in [6, 6.07) is 11.9. The molecule has 1 aliphatic heterocycles. The molecular weight excluding hydrogens is 539 g/mol. The van der Waals surface area contributed by atoms with Crippen molar-refractivity contribution < 1.29 is 26.4 Å². The number of hydrogen-bond donors (Lipinski definition) is 3. The Morgan fingerprint density at radius 1 is 1.05 bits per heavy atom. The van der Waals surface area contributed by atoms with Crippen LogP contribution in [-0.2, 0) is 21.0 Å². The fourth-order valence-corrected chi connectivity index (χ4v) is 7.39. The lowest BCUT2D eigenvalue weighted by Gasteiger charge is -2.22. The molecule has 0 bridgehead atoms. The van der Waals surface area contributed by atoms with Crippen LogP contribution in [0.25, 0.3) is 10.6 Å². The van der Waals surface area contributed by atoms with E-state index in [1.54, 1.807) is 6.92 Å². The number of amides is 1. The van der Waals surface area contributed by atoms with Crippen molar-refractivity contribution in [3.63, 3.8) is 0 Å². The van der Waals surface area contributed by atoms with Crippen LogP contribution in [-0.4, -0.2) is 55.0 Å². The highest BCUT2D eigenvalue weighted by atomic mass is 32.2. The number of benzene rings is 1. The van der Waals surface area contributed by atoms with Gasteiger partial charge in [0, 0.05) is 37.0 Å². The van der Waals surface area contributed by atoms with Crippen molar-refractivity contribution in [1.82, 2.24) is 25.1 Å². The minimum atomic E-state index is -4.57. The molecule has 1 amide bonds. The van der Waals surface area contributed by atoms with Gasteiger partial charge in [-0.05, 0) is 50.4 Å². The van der Waals surface area contributed by atoms with E-state index in [4.69, 9.17) is 0 Å². The lowest BCUT2D eigenvalue weighted by molar-refractivity contribution is -0.141. The molecule has 2 aromatic heterocycles. The van der Waals surface area contributed by atoms with Crippen molar-refractivity contribution in [3.05, 3.63) is 58.6 Å². The average molecular weight is 570 g/mol. The van der Waals surface area contributed by atoms with Crippen LogP contribution < -0.4 is 10.6 Å². The van der Waals surface area contributed by atoms with Gasteiger partial charge in [-0.1, -0.05) is 30.3 Å². The Labute approximate surface area is 223 Å². The molecule has 0 spiro atoms. The van der Waals surface area contributed by atoms with Gasteiger partial charge in [-0.25, -0.2) is 8.42 Å². The zero-order chi connectivity index (χ0) is 27.3. The number of nitrogens with one attached hydrogen (secondary N) is 3. The molecule has 1 aliphatic rings. The third-order valence-electron chi connectivity index (χ3n) is 6.35. The van der Waals surface area contributed by atoms with Crippen LogP contribution in [0.4, 0.5) is 13.2 Å². The standard InChI is InChI=1S/C25H30F3N5O3S2/c1-17-22(16-21(37-17)20-14-23(32-31-20)25(26,27)28)38(35,36)33-12-6-5-10-29-19(18-8-3-2-4-9-18)15-24(34)30-11-7-13-33/h2-4,8-9,14,16,19,29H,5-7,10-13,15H2,1H3,(H,30,34)(H,31,32). The lowest BCUT2D eigenvalue weighted by Crippen LogP contribution is -2.35. The second kappa shape index (κ2) is 12.0. The molecule has 1 fully saturated rings. The van der Waals surface area contributed by atoms with Crippen LogP contribution >= 0.6 is 11.3 Å². The second-order valence-corrected chi connectivity index (χ2v) is 12.3. The largest absolute Gasteiger partial charge is 0.432 e. The number of H-pyrrole nitrogens is 1. The van der Waals surface area contributed by atoms with Gasteiger partial charge in [-0.2, -0.15) is 22.6 Å². The van der Waals surface area contributed by atoms with Crippen molar-refractivity contribution in [3.8, 4) is 10.6 Å². The number of halogens is 3. The highest BCUT2D eigenvalue weighted by Crippen LogP contribution is 2.36. The second-order valence-electron chi connectivity index (χ2n) is 9.13. The van der Waals surface area contributed by atoms with E-state index >= 15 is 0 Å². The number of alkyl halides is 3. The first-order chi connectivity index (χ1) is 18.1. The SMILES string of the molecule is Cc1sc(-c2cc(C(F)(F)F)[nH]n2)cc1S(=O)(=O)N1CCCCNC(c2ccccc2)CC(=O)NCCC1. The van der Waals surface area contributed by atoms with E-state index in [0.29, 0.717) is 48.7 Å².